The van der Waals surface area contributed by atoms with Crippen molar-refractivity contribution in [2.24, 2.45) is 4.99 Å². The van der Waals surface area contributed by atoms with Crippen molar-refractivity contribution in [2.75, 3.05) is 39.4 Å². The number of rotatable bonds is 9. The fourth-order valence-electron chi connectivity index (χ4n) is 4.25. The second-order valence-corrected chi connectivity index (χ2v) is 8.75. The van der Waals surface area contributed by atoms with Gasteiger partial charge in [-0.3, -0.25) is 9.89 Å². The smallest absolute Gasteiger partial charge is 0.191 e. The predicted octanol–water partition coefficient (Wildman–Crippen LogP) is 3.79. The number of furan rings is 1. The Kier molecular flexibility index (Phi) is 10.5. The van der Waals surface area contributed by atoms with E-state index in [1.807, 2.05) is 19.1 Å². The van der Waals surface area contributed by atoms with E-state index >= 15 is 0 Å². The van der Waals surface area contributed by atoms with Gasteiger partial charge in [0.1, 0.15) is 5.76 Å². The number of nitrogens with one attached hydrogen (secondary N) is 2. The third kappa shape index (κ3) is 8.59. The highest BCUT2D eigenvalue weighted by Gasteiger charge is 2.30. The number of ether oxygens (including phenoxy) is 2. The number of aliphatic imine (C=N–C) groups is 1. The molecular formula is C25H37IN4O3. The van der Waals surface area contributed by atoms with Crippen LogP contribution in [0.5, 0.6) is 0 Å². The van der Waals surface area contributed by atoms with E-state index in [1.165, 1.54) is 5.56 Å². The molecule has 1 aromatic heterocycles. The maximum Gasteiger partial charge on any atom is 0.191 e. The molecule has 2 N–H and O–H groups in total. The van der Waals surface area contributed by atoms with Crippen molar-refractivity contribution in [3.63, 3.8) is 0 Å². The summed E-state index contributed by atoms with van der Waals surface area (Å²) in [7, 11) is 0. The summed E-state index contributed by atoms with van der Waals surface area (Å²) in [6.45, 7) is 7.94. The maximum atomic E-state index is 5.71. The van der Waals surface area contributed by atoms with E-state index in [0.717, 1.165) is 63.6 Å². The van der Waals surface area contributed by atoms with E-state index in [9.17, 15) is 0 Å². The number of hydrogen-bond donors (Lipinski definition) is 2. The standard InChI is InChI=1S/C25H36N4O3.HI/c1-25(31-18-19-32-25)12-14-27-24(26-13-9-23-8-5-17-30-23)28-22-10-15-29(16-11-22)20-21-6-3-2-4-7-21;/h2-8,17,22H,9-16,18-20H2,1H3,(H2,26,27,28);1H. The largest absolute Gasteiger partial charge is 0.469 e. The lowest BCUT2D eigenvalue weighted by Crippen LogP contribution is -2.49. The van der Waals surface area contributed by atoms with Crippen LogP contribution in [0.1, 0.15) is 37.5 Å². The number of nitrogens with zero attached hydrogens (tertiary/aromatic N) is 2. The number of likely N-dealkylation sites (tertiary alicyclic amines) is 1. The molecule has 33 heavy (non-hydrogen) atoms. The third-order valence-corrected chi connectivity index (χ3v) is 6.16. The van der Waals surface area contributed by atoms with Crippen LogP contribution >= 0.6 is 24.0 Å². The summed E-state index contributed by atoms with van der Waals surface area (Å²) >= 11 is 0. The van der Waals surface area contributed by atoms with Crippen molar-refractivity contribution in [1.82, 2.24) is 15.5 Å². The highest BCUT2D eigenvalue weighted by Crippen LogP contribution is 2.22. The Morgan fingerprint density at radius 3 is 2.55 bits per heavy atom. The van der Waals surface area contributed by atoms with Crippen LogP contribution in [-0.4, -0.2) is 62.1 Å². The quantitative estimate of drug-likeness (QED) is 0.273. The van der Waals surface area contributed by atoms with Crippen LogP contribution in [0, 0.1) is 0 Å². The molecule has 2 aliphatic heterocycles. The predicted molar refractivity (Wildman–Crippen MR) is 141 cm³/mol. The molecular weight excluding hydrogens is 531 g/mol. The molecule has 2 fully saturated rings. The molecule has 0 amide bonds. The molecule has 4 rings (SSSR count). The maximum absolute atomic E-state index is 5.71. The van der Waals surface area contributed by atoms with Gasteiger partial charge in [0.2, 0.25) is 0 Å². The van der Waals surface area contributed by atoms with Crippen LogP contribution in [0.15, 0.2) is 58.1 Å². The Balaban J connectivity index is 0.00000306. The van der Waals surface area contributed by atoms with Gasteiger partial charge in [0.05, 0.1) is 19.5 Å². The van der Waals surface area contributed by atoms with Crippen LogP contribution < -0.4 is 10.6 Å². The van der Waals surface area contributed by atoms with Gasteiger partial charge in [-0.2, -0.15) is 0 Å². The van der Waals surface area contributed by atoms with Crippen LogP contribution in [0.4, 0.5) is 0 Å². The lowest BCUT2D eigenvalue weighted by molar-refractivity contribution is -0.144. The molecule has 182 valence electrons. The summed E-state index contributed by atoms with van der Waals surface area (Å²) in [6, 6.07) is 15.1. The monoisotopic (exact) mass is 568 g/mol. The average molecular weight is 569 g/mol. The highest BCUT2D eigenvalue weighted by molar-refractivity contribution is 14.0. The molecule has 2 aromatic rings. The molecule has 0 spiro atoms. The van der Waals surface area contributed by atoms with Crippen molar-refractivity contribution in [2.45, 2.75) is 51.0 Å². The zero-order valence-corrected chi connectivity index (χ0v) is 21.8. The van der Waals surface area contributed by atoms with Crippen molar-refractivity contribution >= 4 is 29.9 Å². The number of halogens is 1. The van der Waals surface area contributed by atoms with E-state index in [-0.39, 0.29) is 24.0 Å². The van der Waals surface area contributed by atoms with Gasteiger partial charge in [0.15, 0.2) is 11.7 Å². The molecule has 2 aliphatic rings. The van der Waals surface area contributed by atoms with Crippen molar-refractivity contribution in [3.8, 4) is 0 Å². The summed E-state index contributed by atoms with van der Waals surface area (Å²) in [4.78, 5) is 7.35. The number of piperidine rings is 1. The van der Waals surface area contributed by atoms with Crippen molar-refractivity contribution < 1.29 is 13.9 Å². The van der Waals surface area contributed by atoms with Crippen LogP contribution in [0.2, 0.25) is 0 Å². The first-order valence-electron chi connectivity index (χ1n) is 11.8. The van der Waals surface area contributed by atoms with Gasteiger partial charge in [-0.1, -0.05) is 30.3 Å². The fraction of sp³-hybridized carbons (Fsp3) is 0.560. The van der Waals surface area contributed by atoms with Gasteiger partial charge >= 0.3 is 0 Å². The molecule has 0 aliphatic carbocycles. The molecule has 0 atom stereocenters. The van der Waals surface area contributed by atoms with E-state index in [4.69, 9.17) is 18.9 Å². The van der Waals surface area contributed by atoms with E-state index in [0.29, 0.717) is 25.8 Å². The van der Waals surface area contributed by atoms with Gasteiger partial charge in [-0.05, 0) is 37.5 Å². The summed E-state index contributed by atoms with van der Waals surface area (Å²) in [6.07, 6.45) is 5.50. The first kappa shape index (κ1) is 26.0. The Morgan fingerprint density at radius 2 is 1.85 bits per heavy atom. The number of hydrogen-bond acceptors (Lipinski definition) is 5. The molecule has 0 unspecified atom stereocenters. The summed E-state index contributed by atoms with van der Waals surface area (Å²) < 4.78 is 16.9. The van der Waals surface area contributed by atoms with Gasteiger partial charge in [-0.25, -0.2) is 0 Å². The second-order valence-electron chi connectivity index (χ2n) is 8.75. The Labute approximate surface area is 214 Å². The Morgan fingerprint density at radius 1 is 1.09 bits per heavy atom. The van der Waals surface area contributed by atoms with Crippen molar-refractivity contribution in [3.05, 3.63) is 60.1 Å². The molecule has 3 heterocycles. The SMILES string of the molecule is CC1(CCN=C(NCCc2ccco2)NC2CCN(Cc3ccccc3)CC2)OCCO1.I. The molecule has 0 bridgehead atoms. The Hall–Kier alpha value is -1.62. The normalized spacial score (nSPS) is 19.2. The molecule has 0 saturated carbocycles. The van der Waals surface area contributed by atoms with Crippen LogP contribution in [0.25, 0.3) is 0 Å². The van der Waals surface area contributed by atoms with Gasteiger partial charge in [0.25, 0.3) is 0 Å². The summed E-state index contributed by atoms with van der Waals surface area (Å²) in [5.74, 6) is 1.33. The summed E-state index contributed by atoms with van der Waals surface area (Å²) in [5, 5.41) is 7.14. The van der Waals surface area contributed by atoms with E-state index in [2.05, 4.69) is 45.9 Å². The van der Waals surface area contributed by atoms with E-state index < -0.39 is 5.79 Å². The van der Waals surface area contributed by atoms with Crippen LogP contribution in [-0.2, 0) is 22.4 Å². The topological polar surface area (TPSA) is 71.3 Å². The minimum absolute atomic E-state index is 0. The van der Waals surface area contributed by atoms with Crippen LogP contribution in [0.3, 0.4) is 0 Å². The highest BCUT2D eigenvalue weighted by atomic mass is 127. The zero-order chi connectivity index (χ0) is 22.1. The van der Waals surface area contributed by atoms with Gasteiger partial charge < -0.3 is 24.5 Å². The summed E-state index contributed by atoms with van der Waals surface area (Å²) in [5.41, 5.74) is 1.38. The minimum Gasteiger partial charge on any atom is -0.469 e. The second kappa shape index (κ2) is 13.3. The van der Waals surface area contributed by atoms with Gasteiger partial charge in [0, 0.05) is 51.6 Å². The first-order chi connectivity index (χ1) is 15.7. The molecule has 8 heteroatoms. The van der Waals surface area contributed by atoms with Gasteiger partial charge in [-0.15, -0.1) is 24.0 Å². The first-order valence-corrected chi connectivity index (χ1v) is 11.8. The molecule has 7 nitrogen and oxygen atoms in total. The molecule has 1 aromatic carbocycles. The zero-order valence-electron chi connectivity index (χ0n) is 19.5. The average Bonchev–Trinajstić information content (AvgIpc) is 3.48. The molecule has 0 radical (unpaired) electrons. The number of benzene rings is 1. The fourth-order valence-corrected chi connectivity index (χ4v) is 4.25. The number of guanidine groups is 1. The minimum atomic E-state index is -0.508. The van der Waals surface area contributed by atoms with Crippen molar-refractivity contribution in [1.29, 1.82) is 0 Å². The lowest BCUT2D eigenvalue weighted by atomic mass is 10.0. The Bertz CT molecular complexity index is 817. The lowest BCUT2D eigenvalue weighted by Gasteiger charge is -2.33. The molecule has 2 saturated heterocycles. The van der Waals surface area contributed by atoms with E-state index in [1.54, 1.807) is 6.26 Å². The third-order valence-electron chi connectivity index (χ3n) is 6.16.